The fraction of sp³-hybridized carbons (Fsp3) is 0.211. The molecule has 0 amide bonds. The van der Waals surface area contributed by atoms with Crippen LogP contribution in [0.15, 0.2) is 40.0 Å². The van der Waals surface area contributed by atoms with Gasteiger partial charge in [-0.15, -0.1) is 10.2 Å². The third-order valence-corrected chi connectivity index (χ3v) is 5.98. The van der Waals surface area contributed by atoms with E-state index >= 15 is 0 Å². The minimum atomic E-state index is -0.602. The summed E-state index contributed by atoms with van der Waals surface area (Å²) in [4.78, 5) is 4.58. The Hall–Kier alpha value is -2.23. The van der Waals surface area contributed by atoms with Gasteiger partial charge in [-0.05, 0) is 30.0 Å². The molecule has 7 nitrogen and oxygen atoms in total. The zero-order valence-electron chi connectivity index (χ0n) is 15.1. The second-order valence-corrected chi connectivity index (χ2v) is 8.79. The molecule has 1 atom stereocenters. The third kappa shape index (κ3) is 3.47. The first kappa shape index (κ1) is 18.8. The Morgan fingerprint density at radius 1 is 1.21 bits per heavy atom. The third-order valence-electron chi connectivity index (χ3n) is 4.44. The quantitative estimate of drug-likeness (QED) is 0.493. The molecule has 0 spiro atoms. The van der Waals surface area contributed by atoms with E-state index in [0.717, 1.165) is 21.5 Å². The second kappa shape index (κ2) is 7.55. The number of rotatable bonds is 3. The van der Waals surface area contributed by atoms with E-state index in [1.807, 2.05) is 31.2 Å². The van der Waals surface area contributed by atoms with E-state index in [9.17, 15) is 0 Å². The normalized spacial score (nSPS) is 16.3. The fourth-order valence-corrected chi connectivity index (χ4v) is 4.25. The summed E-state index contributed by atoms with van der Waals surface area (Å²) in [6, 6.07) is 9.40. The van der Waals surface area contributed by atoms with Crippen molar-refractivity contribution in [1.82, 2.24) is 15.2 Å². The molecule has 0 fully saturated rings. The predicted octanol–water partition coefficient (Wildman–Crippen LogP) is 5.30. The lowest BCUT2D eigenvalue weighted by molar-refractivity contribution is 0.173. The number of hydrogen-bond donors (Lipinski definition) is 1. The molecule has 2 aliphatic rings. The van der Waals surface area contributed by atoms with Crippen LogP contribution >= 0.6 is 39.3 Å². The lowest BCUT2D eigenvalue weighted by Gasteiger charge is -2.20. The van der Waals surface area contributed by atoms with E-state index in [4.69, 9.17) is 25.8 Å². The Bertz CT molecular complexity index is 1120. The van der Waals surface area contributed by atoms with Gasteiger partial charge in [-0.25, -0.2) is 0 Å². The Morgan fingerprint density at radius 3 is 2.86 bits per heavy atom. The van der Waals surface area contributed by atoms with Crippen molar-refractivity contribution >= 4 is 45.0 Å². The average molecular weight is 494 g/mol. The van der Waals surface area contributed by atoms with E-state index < -0.39 is 6.23 Å². The van der Waals surface area contributed by atoms with Crippen LogP contribution in [0.1, 0.15) is 18.7 Å². The number of fused-ring (bicyclic) bond motifs is 4. The number of aromatic nitrogens is 3. The fourth-order valence-electron chi connectivity index (χ4n) is 3.13. The molecule has 1 N–H and O–H groups in total. The number of ether oxygens (including phenoxy) is 3. The summed E-state index contributed by atoms with van der Waals surface area (Å²) in [7, 11) is 0. The van der Waals surface area contributed by atoms with Crippen molar-refractivity contribution < 1.29 is 14.2 Å². The van der Waals surface area contributed by atoms with Gasteiger partial charge in [0.25, 0.3) is 0 Å². The van der Waals surface area contributed by atoms with Crippen LogP contribution in [0.4, 0.5) is 5.69 Å². The zero-order chi connectivity index (χ0) is 20.0. The number of thioether (sulfide) groups is 1. The van der Waals surface area contributed by atoms with Gasteiger partial charge in [0.15, 0.2) is 23.4 Å². The molecule has 2 aromatic carbocycles. The Morgan fingerprint density at radius 2 is 2.03 bits per heavy atom. The maximum Gasteiger partial charge on any atom is 0.247 e. The number of halogens is 2. The molecule has 3 heterocycles. The summed E-state index contributed by atoms with van der Waals surface area (Å²) in [5, 5.41) is 13.1. The summed E-state index contributed by atoms with van der Waals surface area (Å²) in [6.07, 6.45) is -0.602. The van der Waals surface area contributed by atoms with Crippen molar-refractivity contribution in [2.45, 2.75) is 18.3 Å². The van der Waals surface area contributed by atoms with Gasteiger partial charge >= 0.3 is 0 Å². The number of hydrogen-bond acceptors (Lipinski definition) is 8. The van der Waals surface area contributed by atoms with Crippen LogP contribution in [0, 0.1) is 0 Å². The van der Waals surface area contributed by atoms with Crippen molar-refractivity contribution in [2.24, 2.45) is 0 Å². The summed E-state index contributed by atoms with van der Waals surface area (Å²) in [5.41, 5.74) is 2.94. The first-order chi connectivity index (χ1) is 14.1. The van der Waals surface area contributed by atoms with Gasteiger partial charge in [-0.1, -0.05) is 46.2 Å². The van der Waals surface area contributed by atoms with E-state index in [2.05, 4.69) is 36.4 Å². The van der Waals surface area contributed by atoms with Gasteiger partial charge in [-0.3, -0.25) is 0 Å². The zero-order valence-corrected chi connectivity index (χ0v) is 18.3. The van der Waals surface area contributed by atoms with Crippen LogP contribution in [0.5, 0.6) is 17.4 Å². The highest BCUT2D eigenvalue weighted by Crippen LogP contribution is 2.44. The largest absolute Gasteiger partial charge is 0.454 e. The van der Waals surface area contributed by atoms with Gasteiger partial charge in [0.05, 0.1) is 5.02 Å². The number of anilines is 1. The standard InChI is InChI=1S/C19H14BrClN4O3S/c1-2-29-19-23-18-16(24-25-19)11-5-9(20)3-4-13(11)22-17(28-18)10-6-14-15(7-12(10)21)27-8-26-14/h3-7,17,22H,2,8H2,1H3/t17-/m0/s1. The van der Waals surface area contributed by atoms with E-state index in [1.165, 1.54) is 11.8 Å². The molecule has 10 heteroatoms. The minimum Gasteiger partial charge on any atom is -0.454 e. The maximum absolute atomic E-state index is 6.54. The van der Waals surface area contributed by atoms with Crippen molar-refractivity contribution in [3.63, 3.8) is 0 Å². The topological polar surface area (TPSA) is 78.4 Å². The number of nitrogens with zero attached hydrogens (tertiary/aromatic N) is 3. The highest BCUT2D eigenvalue weighted by molar-refractivity contribution is 9.10. The van der Waals surface area contributed by atoms with Gasteiger partial charge in [0.2, 0.25) is 17.8 Å². The Labute approximate surface area is 184 Å². The van der Waals surface area contributed by atoms with Gasteiger partial charge < -0.3 is 19.5 Å². The van der Waals surface area contributed by atoms with Crippen molar-refractivity contribution in [3.05, 3.63) is 45.4 Å². The van der Waals surface area contributed by atoms with Crippen LogP contribution < -0.4 is 19.5 Å². The molecular weight excluding hydrogens is 480 g/mol. The van der Waals surface area contributed by atoms with Crippen molar-refractivity contribution in [2.75, 3.05) is 17.9 Å². The molecule has 5 rings (SSSR count). The molecule has 1 aromatic heterocycles. The van der Waals surface area contributed by atoms with Gasteiger partial charge in [-0.2, -0.15) is 4.98 Å². The number of benzene rings is 2. The highest BCUT2D eigenvalue weighted by Gasteiger charge is 2.29. The van der Waals surface area contributed by atoms with Crippen molar-refractivity contribution in [1.29, 1.82) is 0 Å². The summed E-state index contributed by atoms with van der Waals surface area (Å²) in [5.74, 6) is 2.46. The predicted molar refractivity (Wildman–Crippen MR) is 114 cm³/mol. The molecule has 2 aliphatic heterocycles. The average Bonchev–Trinajstić information content (AvgIpc) is 3.09. The molecule has 148 valence electrons. The SMILES string of the molecule is CCSc1nnc2c(n1)O[C@@H](c1cc3c(cc1Cl)OCO3)Nc1ccc(Br)cc1-2. The van der Waals surface area contributed by atoms with Crippen LogP contribution in [0.3, 0.4) is 0 Å². The van der Waals surface area contributed by atoms with Crippen LogP contribution in [0.2, 0.25) is 5.02 Å². The molecule has 0 bridgehead atoms. The van der Waals surface area contributed by atoms with Crippen LogP contribution in [0.25, 0.3) is 11.3 Å². The van der Waals surface area contributed by atoms with Crippen LogP contribution in [-0.4, -0.2) is 27.7 Å². The Kier molecular flexibility index (Phi) is 4.89. The molecule has 29 heavy (non-hydrogen) atoms. The molecule has 0 aliphatic carbocycles. The maximum atomic E-state index is 6.54. The Balaban J connectivity index is 1.65. The van der Waals surface area contributed by atoms with E-state index in [-0.39, 0.29) is 6.79 Å². The summed E-state index contributed by atoms with van der Waals surface area (Å²) >= 11 is 11.6. The van der Waals surface area contributed by atoms with Crippen LogP contribution in [-0.2, 0) is 0 Å². The lowest BCUT2D eigenvalue weighted by Crippen LogP contribution is -2.17. The highest BCUT2D eigenvalue weighted by atomic mass is 79.9. The molecule has 0 saturated heterocycles. The van der Waals surface area contributed by atoms with Crippen molar-refractivity contribution in [3.8, 4) is 28.6 Å². The molecular formula is C19H14BrClN4O3S. The van der Waals surface area contributed by atoms with E-state index in [0.29, 0.717) is 38.8 Å². The molecule has 0 unspecified atom stereocenters. The first-order valence-corrected chi connectivity index (χ1v) is 11.0. The first-order valence-electron chi connectivity index (χ1n) is 8.82. The monoisotopic (exact) mass is 492 g/mol. The smallest absolute Gasteiger partial charge is 0.247 e. The molecule has 0 saturated carbocycles. The number of nitrogens with one attached hydrogen (secondary N) is 1. The molecule has 3 aromatic rings. The summed E-state index contributed by atoms with van der Waals surface area (Å²) < 4.78 is 18.1. The minimum absolute atomic E-state index is 0.169. The van der Waals surface area contributed by atoms with Gasteiger partial charge in [0, 0.05) is 27.4 Å². The lowest BCUT2D eigenvalue weighted by atomic mass is 10.1. The summed E-state index contributed by atoms with van der Waals surface area (Å²) in [6.45, 7) is 2.20. The second-order valence-electron chi connectivity index (χ2n) is 6.24. The van der Waals surface area contributed by atoms with Gasteiger partial charge in [0.1, 0.15) is 0 Å². The molecule has 0 radical (unpaired) electrons. The van der Waals surface area contributed by atoms with E-state index in [1.54, 1.807) is 6.07 Å².